The molecule has 1 unspecified atom stereocenters. The molecule has 0 aromatic rings. The van der Waals surface area contributed by atoms with E-state index < -0.39 is 0 Å². The van der Waals surface area contributed by atoms with Crippen molar-refractivity contribution in [3.63, 3.8) is 0 Å². The van der Waals surface area contributed by atoms with Crippen molar-refractivity contribution in [3.05, 3.63) is 0 Å². The molecule has 2 rings (SSSR count). The highest BCUT2D eigenvalue weighted by atomic mass is 16.5. The Morgan fingerprint density at radius 3 is 2.73 bits per heavy atom. The molecular formula is C11H20N2O2. The van der Waals surface area contributed by atoms with Crippen LogP contribution in [0.1, 0.15) is 26.2 Å². The molecule has 0 N–H and O–H groups in total. The van der Waals surface area contributed by atoms with Crippen LogP contribution in [0.4, 0.5) is 4.79 Å². The van der Waals surface area contributed by atoms with Crippen LogP contribution in [0.25, 0.3) is 0 Å². The molecule has 2 fully saturated rings. The van der Waals surface area contributed by atoms with E-state index in [9.17, 15) is 4.79 Å². The van der Waals surface area contributed by atoms with Crippen LogP contribution in [0.15, 0.2) is 0 Å². The van der Waals surface area contributed by atoms with Crippen molar-refractivity contribution in [1.29, 1.82) is 0 Å². The average molecular weight is 212 g/mol. The second-order valence-electron chi connectivity index (χ2n) is 4.31. The highest BCUT2D eigenvalue weighted by Crippen LogP contribution is 2.16. The van der Waals surface area contributed by atoms with E-state index in [0.717, 1.165) is 38.9 Å². The molecule has 0 aliphatic carbocycles. The minimum atomic E-state index is 0.225. The second-order valence-corrected chi connectivity index (χ2v) is 4.31. The van der Waals surface area contributed by atoms with Gasteiger partial charge in [-0.3, -0.25) is 0 Å². The van der Waals surface area contributed by atoms with Crippen LogP contribution in [0.2, 0.25) is 0 Å². The van der Waals surface area contributed by atoms with E-state index in [1.807, 2.05) is 9.80 Å². The zero-order valence-corrected chi connectivity index (χ0v) is 9.45. The van der Waals surface area contributed by atoms with Crippen molar-refractivity contribution in [2.24, 2.45) is 0 Å². The summed E-state index contributed by atoms with van der Waals surface area (Å²) in [7, 11) is 0. The number of morpholine rings is 1. The lowest BCUT2D eigenvalue weighted by molar-refractivity contribution is 0.00429. The number of amides is 2. The predicted octanol–water partition coefficient (Wildman–Crippen LogP) is 1.31. The molecule has 0 spiro atoms. The monoisotopic (exact) mass is 212 g/mol. The third kappa shape index (κ3) is 2.25. The third-order valence-corrected chi connectivity index (χ3v) is 3.32. The molecule has 4 nitrogen and oxygen atoms in total. The summed E-state index contributed by atoms with van der Waals surface area (Å²) in [6, 6.07) is 0.509. The van der Waals surface area contributed by atoms with Crippen LogP contribution < -0.4 is 0 Å². The summed E-state index contributed by atoms with van der Waals surface area (Å²) in [5.41, 5.74) is 0. The lowest BCUT2D eigenvalue weighted by atomic mass is 10.2. The molecule has 0 bridgehead atoms. The Balaban J connectivity index is 1.96. The van der Waals surface area contributed by atoms with Crippen LogP contribution in [0.3, 0.4) is 0 Å². The number of urea groups is 1. The summed E-state index contributed by atoms with van der Waals surface area (Å²) in [5, 5.41) is 0. The number of hydrogen-bond donors (Lipinski definition) is 0. The van der Waals surface area contributed by atoms with Gasteiger partial charge in [0.25, 0.3) is 0 Å². The number of carbonyl (C=O) groups excluding carboxylic acids is 1. The van der Waals surface area contributed by atoms with Crippen molar-refractivity contribution in [2.45, 2.75) is 32.2 Å². The Morgan fingerprint density at radius 2 is 2.07 bits per heavy atom. The highest BCUT2D eigenvalue weighted by Gasteiger charge is 2.30. The van der Waals surface area contributed by atoms with Crippen molar-refractivity contribution >= 4 is 6.03 Å². The van der Waals surface area contributed by atoms with Crippen molar-refractivity contribution < 1.29 is 9.53 Å². The van der Waals surface area contributed by atoms with Gasteiger partial charge in [0.2, 0.25) is 0 Å². The summed E-state index contributed by atoms with van der Waals surface area (Å²) in [4.78, 5) is 16.1. The first-order valence-corrected chi connectivity index (χ1v) is 5.96. The second kappa shape index (κ2) is 4.84. The average Bonchev–Trinajstić information content (AvgIpc) is 2.81. The van der Waals surface area contributed by atoms with Crippen LogP contribution in [-0.4, -0.2) is 54.7 Å². The van der Waals surface area contributed by atoms with E-state index >= 15 is 0 Å². The molecule has 2 saturated heterocycles. The molecule has 0 aromatic heterocycles. The maximum Gasteiger partial charge on any atom is 0.320 e. The normalized spacial score (nSPS) is 27.1. The minimum Gasteiger partial charge on any atom is -0.377 e. The SMILES string of the molecule is CCC1COCCN1C(=O)N1CCCC1. The summed E-state index contributed by atoms with van der Waals surface area (Å²) in [6.45, 7) is 6.14. The van der Waals surface area contributed by atoms with Gasteiger partial charge >= 0.3 is 6.03 Å². The number of nitrogens with zero attached hydrogens (tertiary/aromatic N) is 2. The van der Waals surface area contributed by atoms with E-state index in [2.05, 4.69) is 6.92 Å². The fourth-order valence-electron chi connectivity index (χ4n) is 2.33. The first-order valence-electron chi connectivity index (χ1n) is 5.96. The van der Waals surface area contributed by atoms with Crippen LogP contribution >= 0.6 is 0 Å². The van der Waals surface area contributed by atoms with Gasteiger partial charge in [0.05, 0.1) is 19.3 Å². The van der Waals surface area contributed by atoms with Gasteiger partial charge in [-0.1, -0.05) is 6.92 Å². The van der Waals surface area contributed by atoms with E-state index in [1.54, 1.807) is 0 Å². The van der Waals surface area contributed by atoms with Crippen molar-refractivity contribution in [3.8, 4) is 0 Å². The number of carbonyl (C=O) groups is 1. The van der Waals surface area contributed by atoms with Crippen LogP contribution in [-0.2, 0) is 4.74 Å². The zero-order valence-electron chi connectivity index (χ0n) is 9.45. The minimum absolute atomic E-state index is 0.225. The first-order chi connectivity index (χ1) is 7.33. The lowest BCUT2D eigenvalue weighted by Gasteiger charge is -2.37. The molecule has 15 heavy (non-hydrogen) atoms. The van der Waals surface area contributed by atoms with E-state index in [-0.39, 0.29) is 12.1 Å². The zero-order chi connectivity index (χ0) is 10.7. The van der Waals surface area contributed by atoms with Gasteiger partial charge in [-0.05, 0) is 19.3 Å². The van der Waals surface area contributed by atoms with Gasteiger partial charge in [-0.2, -0.15) is 0 Å². The number of hydrogen-bond acceptors (Lipinski definition) is 2. The van der Waals surface area contributed by atoms with Crippen molar-refractivity contribution in [2.75, 3.05) is 32.8 Å². The fourth-order valence-corrected chi connectivity index (χ4v) is 2.33. The molecule has 1 atom stereocenters. The van der Waals surface area contributed by atoms with Gasteiger partial charge in [0, 0.05) is 19.6 Å². The van der Waals surface area contributed by atoms with Gasteiger partial charge in [0.15, 0.2) is 0 Å². The molecule has 86 valence electrons. The number of rotatable bonds is 1. The molecule has 2 heterocycles. The van der Waals surface area contributed by atoms with Gasteiger partial charge < -0.3 is 14.5 Å². The summed E-state index contributed by atoms with van der Waals surface area (Å²) in [6.07, 6.45) is 3.30. The highest BCUT2D eigenvalue weighted by molar-refractivity contribution is 5.75. The Bertz CT molecular complexity index is 227. The van der Waals surface area contributed by atoms with Gasteiger partial charge in [-0.15, -0.1) is 0 Å². The maximum absolute atomic E-state index is 12.2. The molecule has 0 radical (unpaired) electrons. The molecule has 4 heteroatoms. The largest absolute Gasteiger partial charge is 0.377 e. The Labute approximate surface area is 91.2 Å². The smallest absolute Gasteiger partial charge is 0.320 e. The van der Waals surface area contributed by atoms with E-state index in [0.29, 0.717) is 13.2 Å². The van der Waals surface area contributed by atoms with Crippen LogP contribution in [0, 0.1) is 0 Å². The Morgan fingerprint density at radius 1 is 1.33 bits per heavy atom. The summed E-state index contributed by atoms with van der Waals surface area (Å²) in [5.74, 6) is 0. The van der Waals surface area contributed by atoms with Gasteiger partial charge in [0.1, 0.15) is 0 Å². The third-order valence-electron chi connectivity index (χ3n) is 3.32. The molecule has 2 amide bonds. The lowest BCUT2D eigenvalue weighted by Crippen LogP contribution is -2.52. The molecule has 2 aliphatic rings. The van der Waals surface area contributed by atoms with Crippen molar-refractivity contribution in [1.82, 2.24) is 9.80 Å². The fraction of sp³-hybridized carbons (Fsp3) is 0.909. The predicted molar refractivity (Wildman–Crippen MR) is 57.8 cm³/mol. The Kier molecular flexibility index (Phi) is 3.46. The number of ether oxygens (including phenoxy) is 1. The Hall–Kier alpha value is -0.770. The van der Waals surface area contributed by atoms with Gasteiger partial charge in [-0.25, -0.2) is 4.79 Å². The standard InChI is InChI=1S/C11H20N2O2/c1-2-10-9-15-8-7-13(10)11(14)12-5-3-4-6-12/h10H,2-9H2,1H3. The quantitative estimate of drug-likeness (QED) is 0.656. The molecule has 0 aromatic carbocycles. The summed E-state index contributed by atoms with van der Waals surface area (Å²) >= 11 is 0. The number of likely N-dealkylation sites (tertiary alicyclic amines) is 1. The van der Waals surface area contributed by atoms with E-state index in [1.165, 1.54) is 0 Å². The topological polar surface area (TPSA) is 32.8 Å². The summed E-state index contributed by atoms with van der Waals surface area (Å²) < 4.78 is 5.40. The van der Waals surface area contributed by atoms with Crippen LogP contribution in [0.5, 0.6) is 0 Å². The molecular weight excluding hydrogens is 192 g/mol. The maximum atomic E-state index is 12.2. The van der Waals surface area contributed by atoms with E-state index in [4.69, 9.17) is 4.74 Å². The first kappa shape index (κ1) is 10.7. The molecule has 0 saturated carbocycles. The molecule has 2 aliphatic heterocycles.